The van der Waals surface area contributed by atoms with Gasteiger partial charge in [0, 0.05) is 30.2 Å². The van der Waals surface area contributed by atoms with Crippen LogP contribution in [0.3, 0.4) is 0 Å². The summed E-state index contributed by atoms with van der Waals surface area (Å²) < 4.78 is 0. The summed E-state index contributed by atoms with van der Waals surface area (Å²) in [5, 5.41) is 24.2. The zero-order valence-corrected chi connectivity index (χ0v) is 12.4. The molecule has 0 aliphatic heterocycles. The quantitative estimate of drug-likeness (QED) is 0.552. The number of amides is 1. The van der Waals surface area contributed by atoms with Crippen LogP contribution in [0, 0.1) is 16.0 Å². The van der Waals surface area contributed by atoms with Crippen molar-refractivity contribution in [3.8, 4) is 0 Å². The summed E-state index contributed by atoms with van der Waals surface area (Å²) in [5.41, 5.74) is 0.200. The minimum Gasteiger partial charge on any atom is -0.550 e. The minimum atomic E-state index is -1.14. The first-order valence-electron chi connectivity index (χ1n) is 7.19. The Hall–Kier alpha value is -2.44. The summed E-state index contributed by atoms with van der Waals surface area (Å²) in [5.74, 6) is -2.16. The van der Waals surface area contributed by atoms with Gasteiger partial charge in [-0.1, -0.05) is 25.8 Å². The lowest BCUT2D eigenvalue weighted by Gasteiger charge is -2.17. The molecule has 0 spiro atoms. The second kappa shape index (κ2) is 8.76. The van der Waals surface area contributed by atoms with E-state index in [4.69, 9.17) is 0 Å². The van der Waals surface area contributed by atoms with E-state index in [1.165, 1.54) is 24.3 Å². The van der Waals surface area contributed by atoms with Crippen molar-refractivity contribution in [3.05, 3.63) is 34.4 Å². The van der Waals surface area contributed by atoms with Gasteiger partial charge in [0.2, 0.25) is 5.91 Å². The first-order chi connectivity index (χ1) is 10.4. The van der Waals surface area contributed by atoms with Crippen molar-refractivity contribution in [3.63, 3.8) is 0 Å². The highest BCUT2D eigenvalue weighted by molar-refractivity contribution is 5.91. The zero-order chi connectivity index (χ0) is 16.5. The van der Waals surface area contributed by atoms with Gasteiger partial charge in [-0.25, -0.2) is 0 Å². The number of unbranched alkanes of at least 4 members (excludes halogenated alkanes) is 1. The number of carbonyl (C=O) groups excluding carboxylic acids is 2. The van der Waals surface area contributed by atoms with Crippen LogP contribution in [0.4, 0.5) is 11.4 Å². The fourth-order valence-electron chi connectivity index (χ4n) is 2.06. The number of nitrogens with zero attached hydrogens (tertiary/aromatic N) is 1. The summed E-state index contributed by atoms with van der Waals surface area (Å²) in [4.78, 5) is 32.9. The predicted molar refractivity (Wildman–Crippen MR) is 79.0 cm³/mol. The Morgan fingerprint density at radius 2 is 2.05 bits per heavy atom. The Morgan fingerprint density at radius 3 is 2.64 bits per heavy atom. The van der Waals surface area contributed by atoms with Gasteiger partial charge < -0.3 is 15.2 Å². The Kier molecular flexibility index (Phi) is 7.01. The van der Waals surface area contributed by atoms with Gasteiger partial charge >= 0.3 is 0 Å². The van der Waals surface area contributed by atoms with Gasteiger partial charge in [0.15, 0.2) is 0 Å². The Bertz CT molecular complexity index is 544. The fraction of sp³-hybridized carbons (Fsp3) is 0.467. The molecule has 0 saturated carbocycles. The lowest BCUT2D eigenvalue weighted by molar-refractivity contribution is -0.384. The number of nitro groups is 1. The zero-order valence-electron chi connectivity index (χ0n) is 12.4. The van der Waals surface area contributed by atoms with Crippen molar-refractivity contribution in [1.82, 2.24) is 0 Å². The number of nitrogens with one attached hydrogen (secondary N) is 1. The molecule has 22 heavy (non-hydrogen) atoms. The molecule has 0 bridgehead atoms. The first kappa shape index (κ1) is 17.6. The second-order valence-electron chi connectivity index (χ2n) is 5.05. The first-order valence-corrected chi connectivity index (χ1v) is 7.19. The van der Waals surface area contributed by atoms with Crippen LogP contribution in [-0.4, -0.2) is 16.8 Å². The summed E-state index contributed by atoms with van der Waals surface area (Å²) in [6, 6.07) is 5.59. The molecule has 1 aromatic rings. The molecule has 1 N–H and O–H groups in total. The van der Waals surface area contributed by atoms with Crippen LogP contribution >= 0.6 is 0 Å². The third kappa shape index (κ3) is 5.90. The molecule has 1 amide bonds. The Balaban J connectivity index is 2.53. The van der Waals surface area contributed by atoms with Crippen LogP contribution in [0.25, 0.3) is 0 Å². The molecule has 0 aliphatic carbocycles. The molecule has 7 nitrogen and oxygen atoms in total. The maximum Gasteiger partial charge on any atom is 0.271 e. The number of carboxylic acids is 1. The van der Waals surface area contributed by atoms with Crippen molar-refractivity contribution < 1.29 is 19.6 Å². The molecule has 0 unspecified atom stereocenters. The molecule has 1 atom stereocenters. The van der Waals surface area contributed by atoms with E-state index in [9.17, 15) is 24.8 Å². The monoisotopic (exact) mass is 307 g/mol. The summed E-state index contributed by atoms with van der Waals surface area (Å²) in [6.07, 6.45) is 2.37. The highest BCUT2D eigenvalue weighted by atomic mass is 16.6. The molecular formula is C15H19N2O5-. The van der Waals surface area contributed by atoms with Gasteiger partial charge in [-0.3, -0.25) is 14.9 Å². The van der Waals surface area contributed by atoms with Crippen LogP contribution in [0.5, 0.6) is 0 Å². The normalized spacial score (nSPS) is 11.7. The lowest BCUT2D eigenvalue weighted by atomic mass is 9.97. The number of aliphatic carboxylic acids is 1. The second-order valence-corrected chi connectivity index (χ2v) is 5.05. The van der Waals surface area contributed by atoms with E-state index in [0.717, 1.165) is 12.8 Å². The van der Waals surface area contributed by atoms with Crippen LogP contribution in [0.2, 0.25) is 0 Å². The van der Waals surface area contributed by atoms with Crippen LogP contribution in [0.1, 0.15) is 39.0 Å². The third-order valence-corrected chi connectivity index (χ3v) is 3.30. The van der Waals surface area contributed by atoms with Crippen molar-refractivity contribution >= 4 is 23.3 Å². The standard InChI is InChI=1S/C15H20N2O5/c1-2-3-5-11(15(19)20)8-9-14(18)16-12-6-4-7-13(10-12)17(21)22/h4,6-7,10-11H,2-3,5,8-9H2,1H3,(H,16,18)(H,19,20)/p-1/t11-/m1/s1. The molecular weight excluding hydrogens is 288 g/mol. The van der Waals surface area contributed by atoms with E-state index in [1.807, 2.05) is 6.92 Å². The molecule has 0 fully saturated rings. The summed E-state index contributed by atoms with van der Waals surface area (Å²) in [7, 11) is 0. The smallest absolute Gasteiger partial charge is 0.271 e. The van der Waals surface area contributed by atoms with Crippen LogP contribution in [0.15, 0.2) is 24.3 Å². The molecule has 0 aliphatic rings. The molecule has 1 aromatic carbocycles. The van der Waals surface area contributed by atoms with Crippen LogP contribution < -0.4 is 10.4 Å². The number of anilines is 1. The van der Waals surface area contributed by atoms with Crippen molar-refractivity contribution in [1.29, 1.82) is 0 Å². The Labute approximate surface area is 128 Å². The maximum atomic E-state index is 11.8. The highest BCUT2D eigenvalue weighted by Crippen LogP contribution is 2.18. The maximum absolute atomic E-state index is 11.8. The number of non-ortho nitro benzene ring substituents is 1. The minimum absolute atomic E-state index is 0.0328. The van der Waals surface area contributed by atoms with E-state index in [1.54, 1.807) is 0 Å². The molecule has 0 aromatic heterocycles. The summed E-state index contributed by atoms with van der Waals surface area (Å²) in [6.45, 7) is 1.96. The van der Waals surface area contributed by atoms with Crippen molar-refractivity contribution in [2.75, 3.05) is 5.32 Å². The average molecular weight is 307 g/mol. The van der Waals surface area contributed by atoms with Gasteiger partial charge in [0.1, 0.15) is 0 Å². The number of nitro benzene ring substituents is 1. The number of rotatable bonds is 9. The molecule has 120 valence electrons. The van der Waals surface area contributed by atoms with Crippen molar-refractivity contribution in [2.24, 2.45) is 5.92 Å². The van der Waals surface area contributed by atoms with E-state index in [0.29, 0.717) is 12.1 Å². The van der Waals surface area contributed by atoms with Gasteiger partial charge in [-0.15, -0.1) is 0 Å². The molecule has 0 saturated heterocycles. The van der Waals surface area contributed by atoms with E-state index in [-0.39, 0.29) is 24.4 Å². The van der Waals surface area contributed by atoms with E-state index >= 15 is 0 Å². The van der Waals surface area contributed by atoms with Gasteiger partial charge in [0.05, 0.1) is 4.92 Å². The van der Waals surface area contributed by atoms with Gasteiger partial charge in [-0.2, -0.15) is 0 Å². The van der Waals surface area contributed by atoms with Gasteiger partial charge in [0.25, 0.3) is 5.69 Å². The lowest BCUT2D eigenvalue weighted by Crippen LogP contribution is -2.32. The fourth-order valence-corrected chi connectivity index (χ4v) is 2.06. The molecule has 0 radical (unpaired) electrons. The number of benzene rings is 1. The molecule has 7 heteroatoms. The number of hydrogen-bond acceptors (Lipinski definition) is 5. The molecule has 0 heterocycles. The van der Waals surface area contributed by atoms with E-state index < -0.39 is 16.8 Å². The predicted octanol–water partition coefficient (Wildman–Crippen LogP) is 1.87. The average Bonchev–Trinajstić information content (AvgIpc) is 2.47. The van der Waals surface area contributed by atoms with E-state index in [2.05, 4.69) is 5.32 Å². The number of carboxylic acid groups (broad SMARTS) is 1. The number of hydrogen-bond donors (Lipinski definition) is 1. The van der Waals surface area contributed by atoms with Crippen LogP contribution in [-0.2, 0) is 9.59 Å². The SMILES string of the molecule is CCCC[C@H](CCC(=O)Nc1cccc([N+](=O)[O-])c1)C(=O)[O-]. The van der Waals surface area contributed by atoms with Gasteiger partial charge in [-0.05, 0) is 24.8 Å². The molecule has 1 rings (SSSR count). The summed E-state index contributed by atoms with van der Waals surface area (Å²) >= 11 is 0. The largest absolute Gasteiger partial charge is 0.550 e. The third-order valence-electron chi connectivity index (χ3n) is 3.30. The highest BCUT2D eigenvalue weighted by Gasteiger charge is 2.13. The number of carbonyl (C=O) groups is 2. The van der Waals surface area contributed by atoms with Crippen molar-refractivity contribution in [2.45, 2.75) is 39.0 Å². The Morgan fingerprint density at radius 1 is 1.32 bits per heavy atom. The topological polar surface area (TPSA) is 112 Å².